The van der Waals surface area contributed by atoms with Gasteiger partial charge in [-0.05, 0) is 24.7 Å². The Balaban J connectivity index is 2.33. The molecule has 0 spiro atoms. The lowest BCUT2D eigenvalue weighted by atomic mass is 10.1. The van der Waals surface area contributed by atoms with Crippen molar-refractivity contribution in [3.8, 4) is 0 Å². The van der Waals surface area contributed by atoms with Gasteiger partial charge in [-0.25, -0.2) is 0 Å². The quantitative estimate of drug-likeness (QED) is 0.797. The highest BCUT2D eigenvalue weighted by Crippen LogP contribution is 2.08. The van der Waals surface area contributed by atoms with E-state index in [0.717, 1.165) is 5.56 Å². The minimum Gasteiger partial charge on any atom is -0.388 e. The first kappa shape index (κ1) is 11.0. The molecule has 2 aromatic rings. The van der Waals surface area contributed by atoms with Crippen LogP contribution in [0.4, 0.5) is 0 Å². The van der Waals surface area contributed by atoms with Crippen molar-refractivity contribution in [3.63, 3.8) is 0 Å². The molecule has 0 amide bonds. The minimum absolute atomic E-state index is 0.112. The summed E-state index contributed by atoms with van der Waals surface area (Å²) in [5, 5.41) is 15.7. The van der Waals surface area contributed by atoms with Crippen LogP contribution in [0, 0.1) is 11.7 Å². The van der Waals surface area contributed by atoms with E-state index in [9.17, 15) is 0 Å². The molecule has 1 heterocycles. The van der Waals surface area contributed by atoms with Gasteiger partial charge in [0.25, 0.3) is 0 Å². The number of nitrogens with zero attached hydrogens (tertiary/aromatic N) is 2. The van der Waals surface area contributed by atoms with Gasteiger partial charge in [0.2, 0.25) is 0 Å². The molecule has 0 saturated carbocycles. The van der Waals surface area contributed by atoms with Crippen molar-refractivity contribution in [2.75, 3.05) is 0 Å². The summed E-state index contributed by atoms with van der Waals surface area (Å²) in [6.07, 6.45) is 0. The third-order valence-corrected chi connectivity index (χ3v) is 2.71. The van der Waals surface area contributed by atoms with Gasteiger partial charge in [-0.1, -0.05) is 29.8 Å². The van der Waals surface area contributed by atoms with Crippen LogP contribution in [0.25, 0.3) is 0 Å². The number of hydrogen-bond donors (Lipinski definition) is 2. The van der Waals surface area contributed by atoms with Gasteiger partial charge in [0.05, 0.1) is 6.54 Å². The Bertz CT molecular complexity index is 544. The third kappa shape index (κ3) is 2.20. The van der Waals surface area contributed by atoms with Crippen LogP contribution >= 0.6 is 12.2 Å². The highest BCUT2D eigenvalue weighted by Gasteiger charge is 2.05. The number of aryl methyl sites for hydroxylation is 1. The van der Waals surface area contributed by atoms with E-state index in [4.69, 9.17) is 17.3 Å². The fraction of sp³-hybridized carbons (Fsp3) is 0.273. The van der Waals surface area contributed by atoms with Crippen molar-refractivity contribution in [3.05, 3.63) is 46.0 Å². The van der Waals surface area contributed by atoms with E-state index in [1.54, 1.807) is 4.57 Å². The second-order valence-corrected chi connectivity index (χ2v) is 4.06. The Kier molecular flexibility index (Phi) is 3.17. The Morgan fingerprint density at radius 3 is 3.00 bits per heavy atom. The number of aliphatic hydroxyl groups excluding tert-OH is 1. The second-order valence-electron chi connectivity index (χ2n) is 3.68. The summed E-state index contributed by atoms with van der Waals surface area (Å²) in [6.45, 7) is 2.57. The smallest absolute Gasteiger partial charge is 0.195 e. The van der Waals surface area contributed by atoms with Crippen LogP contribution in [-0.4, -0.2) is 19.9 Å². The average Bonchev–Trinajstić information content (AvgIpc) is 2.60. The molecule has 0 radical (unpaired) electrons. The van der Waals surface area contributed by atoms with Gasteiger partial charge in [-0.2, -0.15) is 5.10 Å². The van der Waals surface area contributed by atoms with E-state index in [0.29, 0.717) is 17.1 Å². The first-order valence-corrected chi connectivity index (χ1v) is 5.42. The summed E-state index contributed by atoms with van der Waals surface area (Å²) < 4.78 is 2.33. The molecule has 1 aromatic heterocycles. The third-order valence-electron chi connectivity index (χ3n) is 2.40. The Labute approximate surface area is 98.6 Å². The molecule has 5 heteroatoms. The molecule has 0 aliphatic carbocycles. The van der Waals surface area contributed by atoms with Crippen LogP contribution in [0.15, 0.2) is 24.3 Å². The fourth-order valence-corrected chi connectivity index (χ4v) is 1.84. The van der Waals surface area contributed by atoms with Crippen LogP contribution in [0.5, 0.6) is 0 Å². The van der Waals surface area contributed by atoms with Crippen molar-refractivity contribution in [2.45, 2.75) is 20.1 Å². The maximum Gasteiger partial charge on any atom is 0.195 e. The summed E-state index contributed by atoms with van der Waals surface area (Å²) >= 11 is 5.10. The molecule has 0 saturated heterocycles. The zero-order valence-electron chi connectivity index (χ0n) is 8.97. The number of aromatic nitrogens is 3. The fourth-order valence-electron chi connectivity index (χ4n) is 1.63. The van der Waals surface area contributed by atoms with Gasteiger partial charge in [0.1, 0.15) is 6.61 Å². The number of benzene rings is 1. The lowest BCUT2D eigenvalue weighted by molar-refractivity contribution is 0.265. The highest BCUT2D eigenvalue weighted by atomic mass is 32.1. The zero-order valence-corrected chi connectivity index (χ0v) is 9.79. The van der Waals surface area contributed by atoms with Crippen molar-refractivity contribution in [1.82, 2.24) is 14.8 Å². The first-order valence-electron chi connectivity index (χ1n) is 5.01. The minimum atomic E-state index is -0.112. The average molecular weight is 235 g/mol. The summed E-state index contributed by atoms with van der Waals surface area (Å²) in [5.74, 6) is 0.562. The number of rotatable bonds is 3. The summed E-state index contributed by atoms with van der Waals surface area (Å²) in [5.41, 5.74) is 2.35. The molecule has 2 rings (SSSR count). The van der Waals surface area contributed by atoms with Gasteiger partial charge >= 0.3 is 0 Å². The molecule has 1 aromatic carbocycles. The standard InChI is InChI=1S/C11H13N3OS/c1-8-3-2-4-9(5-8)6-14-10(7-15)12-13-11(14)16/h2-5,15H,6-7H2,1H3,(H,13,16). The van der Waals surface area contributed by atoms with Gasteiger partial charge in [0.15, 0.2) is 10.6 Å². The largest absolute Gasteiger partial charge is 0.388 e. The van der Waals surface area contributed by atoms with Gasteiger partial charge < -0.3 is 5.11 Å². The molecule has 0 bridgehead atoms. The van der Waals surface area contributed by atoms with Gasteiger partial charge in [-0.3, -0.25) is 9.67 Å². The number of nitrogens with one attached hydrogen (secondary N) is 1. The summed E-state index contributed by atoms with van der Waals surface area (Å²) in [6, 6.07) is 8.18. The molecular formula is C11H13N3OS. The maximum atomic E-state index is 9.11. The SMILES string of the molecule is Cc1cccc(Cn2c(CO)n[nH]c2=S)c1. The van der Waals surface area contributed by atoms with E-state index in [2.05, 4.69) is 16.3 Å². The number of aliphatic hydroxyl groups is 1. The molecule has 0 aliphatic heterocycles. The predicted octanol–water partition coefficient (Wildman–Crippen LogP) is 1.79. The topological polar surface area (TPSA) is 53.8 Å². The van der Waals surface area contributed by atoms with Crippen LogP contribution in [-0.2, 0) is 13.2 Å². The molecule has 16 heavy (non-hydrogen) atoms. The molecule has 0 unspecified atom stereocenters. The lowest BCUT2D eigenvalue weighted by Gasteiger charge is -2.05. The zero-order chi connectivity index (χ0) is 11.5. The summed E-state index contributed by atoms with van der Waals surface area (Å²) in [7, 11) is 0. The van der Waals surface area contributed by atoms with E-state index in [1.807, 2.05) is 25.1 Å². The van der Waals surface area contributed by atoms with Crippen LogP contribution in [0.1, 0.15) is 17.0 Å². The molecule has 0 aliphatic rings. The van der Waals surface area contributed by atoms with E-state index in [-0.39, 0.29) is 6.61 Å². The molecule has 0 atom stereocenters. The van der Waals surface area contributed by atoms with Crippen LogP contribution in [0.2, 0.25) is 0 Å². The molecular weight excluding hydrogens is 222 g/mol. The van der Waals surface area contributed by atoms with E-state index in [1.165, 1.54) is 5.56 Å². The van der Waals surface area contributed by atoms with Crippen molar-refractivity contribution in [2.24, 2.45) is 0 Å². The molecule has 0 fully saturated rings. The second kappa shape index (κ2) is 4.59. The van der Waals surface area contributed by atoms with Crippen LogP contribution < -0.4 is 0 Å². The van der Waals surface area contributed by atoms with Crippen molar-refractivity contribution in [1.29, 1.82) is 0 Å². The van der Waals surface area contributed by atoms with Gasteiger partial charge in [-0.15, -0.1) is 0 Å². The molecule has 84 valence electrons. The predicted molar refractivity (Wildman–Crippen MR) is 63.6 cm³/mol. The van der Waals surface area contributed by atoms with Crippen molar-refractivity contribution < 1.29 is 5.11 Å². The normalized spacial score (nSPS) is 10.6. The Hall–Kier alpha value is -1.46. The first-order chi connectivity index (χ1) is 7.70. The number of aromatic amines is 1. The molecule has 2 N–H and O–H groups in total. The van der Waals surface area contributed by atoms with Gasteiger partial charge in [0, 0.05) is 0 Å². The maximum absolute atomic E-state index is 9.11. The highest BCUT2D eigenvalue weighted by molar-refractivity contribution is 7.71. The van der Waals surface area contributed by atoms with E-state index >= 15 is 0 Å². The Morgan fingerprint density at radius 2 is 2.31 bits per heavy atom. The summed E-state index contributed by atoms with van der Waals surface area (Å²) in [4.78, 5) is 0. The lowest BCUT2D eigenvalue weighted by Crippen LogP contribution is -2.05. The number of hydrogen-bond acceptors (Lipinski definition) is 3. The number of H-pyrrole nitrogens is 1. The van der Waals surface area contributed by atoms with Crippen molar-refractivity contribution >= 4 is 12.2 Å². The molecule has 4 nitrogen and oxygen atoms in total. The Morgan fingerprint density at radius 1 is 1.50 bits per heavy atom. The van der Waals surface area contributed by atoms with E-state index < -0.39 is 0 Å². The van der Waals surface area contributed by atoms with Crippen LogP contribution in [0.3, 0.4) is 0 Å². The monoisotopic (exact) mass is 235 g/mol.